The van der Waals surface area contributed by atoms with Crippen molar-refractivity contribution < 1.29 is 0 Å². The van der Waals surface area contributed by atoms with E-state index in [-0.39, 0.29) is 0 Å². The molecule has 1 rings (SSSR count). The molecular weight excluding hydrogens is 216 g/mol. The highest BCUT2D eigenvalue weighted by atomic mass is 13.9. The van der Waals surface area contributed by atoms with Crippen LogP contribution in [-0.4, -0.2) is 0 Å². The summed E-state index contributed by atoms with van der Waals surface area (Å²) in [4.78, 5) is 0. The van der Waals surface area contributed by atoms with Crippen LogP contribution in [0.2, 0.25) is 0 Å². The van der Waals surface area contributed by atoms with Crippen molar-refractivity contribution in [3.8, 4) is 0 Å². The summed E-state index contributed by atoms with van der Waals surface area (Å²) in [5.74, 6) is 0. The van der Waals surface area contributed by atoms with E-state index in [0.29, 0.717) is 0 Å². The Morgan fingerprint density at radius 1 is 0.833 bits per heavy atom. The molecule has 1 aromatic carbocycles. The van der Waals surface area contributed by atoms with Gasteiger partial charge in [0.2, 0.25) is 0 Å². The molecule has 0 aromatic heterocycles. The molecule has 0 aliphatic rings. The molecule has 18 heavy (non-hydrogen) atoms. The van der Waals surface area contributed by atoms with E-state index in [9.17, 15) is 0 Å². The summed E-state index contributed by atoms with van der Waals surface area (Å²) in [7, 11) is 0. The second-order valence-corrected chi connectivity index (χ2v) is 4.75. The Hall–Kier alpha value is -1.30. The van der Waals surface area contributed by atoms with Crippen LogP contribution in [-0.2, 0) is 0 Å². The monoisotopic (exact) mass is 242 g/mol. The van der Waals surface area contributed by atoms with Gasteiger partial charge in [-0.3, -0.25) is 0 Å². The second-order valence-electron chi connectivity index (χ2n) is 4.75. The minimum absolute atomic E-state index is 1.21. The van der Waals surface area contributed by atoms with Crippen molar-refractivity contribution in [2.75, 3.05) is 0 Å². The Morgan fingerprint density at radius 3 is 2.33 bits per heavy atom. The van der Waals surface area contributed by atoms with Crippen LogP contribution in [0.15, 0.2) is 48.6 Å². The van der Waals surface area contributed by atoms with E-state index in [4.69, 9.17) is 0 Å². The smallest absolute Gasteiger partial charge is 0.0257 e. The highest BCUT2D eigenvalue weighted by molar-refractivity contribution is 5.50. The zero-order chi connectivity index (χ0) is 12.9. The van der Waals surface area contributed by atoms with Crippen molar-refractivity contribution in [1.82, 2.24) is 0 Å². The normalized spacial score (nSPS) is 11.6. The predicted molar refractivity (Wildman–Crippen MR) is 82.6 cm³/mol. The largest absolute Gasteiger partial charge is 0.0845 e. The molecule has 0 heterocycles. The standard InChI is InChI=1S/C18H26/c1-2-3-4-5-6-7-8-9-10-12-15-18-16-13-11-14-17-18/h9-17H,2-8H2,1H3/b10-9+,15-12?. The lowest BCUT2D eigenvalue weighted by Crippen LogP contribution is -1.77. The lowest BCUT2D eigenvalue weighted by molar-refractivity contribution is 0.611. The molecule has 1 aromatic rings. The molecule has 0 radical (unpaired) electrons. The average molecular weight is 242 g/mol. The summed E-state index contributed by atoms with van der Waals surface area (Å²) in [5.41, 5.74) is 1.27. The van der Waals surface area contributed by atoms with Crippen LogP contribution in [0.25, 0.3) is 6.08 Å². The molecule has 0 unspecified atom stereocenters. The van der Waals surface area contributed by atoms with Crippen LogP contribution < -0.4 is 0 Å². The lowest BCUT2D eigenvalue weighted by Gasteiger charge is -1.97. The van der Waals surface area contributed by atoms with Crippen LogP contribution in [0.3, 0.4) is 0 Å². The Balaban J connectivity index is 2.02. The third kappa shape index (κ3) is 7.89. The molecule has 0 nitrogen and oxygen atoms in total. The molecule has 0 aliphatic carbocycles. The van der Waals surface area contributed by atoms with Crippen molar-refractivity contribution >= 4 is 6.08 Å². The summed E-state index contributed by atoms with van der Waals surface area (Å²) >= 11 is 0. The Bertz CT molecular complexity index is 332. The number of rotatable bonds is 9. The summed E-state index contributed by atoms with van der Waals surface area (Å²) in [5, 5.41) is 0. The maximum atomic E-state index is 2.28. The van der Waals surface area contributed by atoms with Crippen LogP contribution in [0.1, 0.15) is 57.4 Å². The van der Waals surface area contributed by atoms with Gasteiger partial charge in [-0.2, -0.15) is 0 Å². The van der Waals surface area contributed by atoms with Gasteiger partial charge in [-0.25, -0.2) is 0 Å². The van der Waals surface area contributed by atoms with Gasteiger partial charge >= 0.3 is 0 Å². The van der Waals surface area contributed by atoms with Gasteiger partial charge in [-0.05, 0) is 18.4 Å². The maximum Gasteiger partial charge on any atom is -0.0257 e. The highest BCUT2D eigenvalue weighted by Crippen LogP contribution is 2.07. The molecule has 0 aliphatic heterocycles. The molecule has 0 spiro atoms. The van der Waals surface area contributed by atoms with E-state index in [1.165, 1.54) is 50.5 Å². The summed E-state index contributed by atoms with van der Waals surface area (Å²) in [6.45, 7) is 2.27. The zero-order valence-corrected chi connectivity index (χ0v) is 11.6. The van der Waals surface area contributed by atoms with E-state index < -0.39 is 0 Å². The predicted octanol–water partition coefficient (Wildman–Crippen LogP) is 6.01. The summed E-state index contributed by atoms with van der Waals surface area (Å²) in [6.07, 6.45) is 18.2. The second kappa shape index (κ2) is 10.8. The van der Waals surface area contributed by atoms with Crippen LogP contribution in [0.4, 0.5) is 0 Å². The number of benzene rings is 1. The van der Waals surface area contributed by atoms with Crippen molar-refractivity contribution in [3.63, 3.8) is 0 Å². The first-order valence-corrected chi connectivity index (χ1v) is 7.31. The lowest BCUT2D eigenvalue weighted by atomic mass is 10.1. The minimum atomic E-state index is 1.21. The Kier molecular flexibility index (Phi) is 8.88. The molecule has 0 saturated carbocycles. The van der Waals surface area contributed by atoms with Crippen LogP contribution in [0.5, 0.6) is 0 Å². The molecule has 98 valence electrons. The third-order valence-electron chi connectivity index (χ3n) is 3.06. The number of unbranched alkanes of at least 4 members (excludes halogenated alkanes) is 6. The van der Waals surface area contributed by atoms with Gasteiger partial charge in [-0.15, -0.1) is 0 Å². The highest BCUT2D eigenvalue weighted by Gasteiger charge is 1.87. The minimum Gasteiger partial charge on any atom is -0.0845 e. The molecule has 0 atom stereocenters. The topological polar surface area (TPSA) is 0 Å². The van der Waals surface area contributed by atoms with Crippen molar-refractivity contribution in [1.29, 1.82) is 0 Å². The van der Waals surface area contributed by atoms with Gasteiger partial charge in [0.25, 0.3) is 0 Å². The fraction of sp³-hybridized carbons (Fsp3) is 0.444. The summed E-state index contributed by atoms with van der Waals surface area (Å²) in [6, 6.07) is 10.4. The van der Waals surface area contributed by atoms with Gasteiger partial charge in [0.15, 0.2) is 0 Å². The van der Waals surface area contributed by atoms with E-state index in [1.54, 1.807) is 0 Å². The van der Waals surface area contributed by atoms with Gasteiger partial charge in [0, 0.05) is 0 Å². The number of hydrogen-bond donors (Lipinski definition) is 0. The van der Waals surface area contributed by atoms with Gasteiger partial charge < -0.3 is 0 Å². The molecule has 0 N–H and O–H groups in total. The quantitative estimate of drug-likeness (QED) is 0.367. The first-order chi connectivity index (χ1) is 8.93. The Labute approximate surface area is 112 Å². The number of allylic oxidation sites excluding steroid dienone is 3. The first kappa shape index (κ1) is 14.8. The molecule has 0 amide bonds. The average Bonchev–Trinajstić information content (AvgIpc) is 2.42. The summed E-state index contributed by atoms with van der Waals surface area (Å²) < 4.78 is 0. The van der Waals surface area contributed by atoms with Crippen molar-refractivity contribution in [2.24, 2.45) is 0 Å². The maximum absolute atomic E-state index is 2.28. The van der Waals surface area contributed by atoms with E-state index in [0.717, 1.165) is 0 Å². The SMILES string of the molecule is CCCCCCCC/C=C/C=Cc1ccccc1. The first-order valence-electron chi connectivity index (χ1n) is 7.31. The number of hydrogen-bond acceptors (Lipinski definition) is 0. The van der Waals surface area contributed by atoms with Gasteiger partial charge in [-0.1, -0.05) is 93.7 Å². The molecule has 0 saturated heterocycles. The fourth-order valence-electron chi connectivity index (χ4n) is 1.95. The molecule has 0 bridgehead atoms. The van der Waals surface area contributed by atoms with E-state index in [1.807, 2.05) is 6.07 Å². The molecular formula is C18H26. The van der Waals surface area contributed by atoms with Crippen molar-refractivity contribution in [2.45, 2.75) is 51.9 Å². The van der Waals surface area contributed by atoms with Gasteiger partial charge in [0.1, 0.15) is 0 Å². The van der Waals surface area contributed by atoms with Crippen molar-refractivity contribution in [3.05, 3.63) is 54.1 Å². The van der Waals surface area contributed by atoms with E-state index >= 15 is 0 Å². The molecule has 0 heteroatoms. The van der Waals surface area contributed by atoms with Crippen LogP contribution >= 0.6 is 0 Å². The molecule has 0 fully saturated rings. The third-order valence-corrected chi connectivity index (χ3v) is 3.06. The van der Waals surface area contributed by atoms with Gasteiger partial charge in [0.05, 0.1) is 0 Å². The van der Waals surface area contributed by atoms with E-state index in [2.05, 4.69) is 55.5 Å². The fourth-order valence-corrected chi connectivity index (χ4v) is 1.95. The van der Waals surface area contributed by atoms with Crippen LogP contribution in [0, 0.1) is 0 Å². The Morgan fingerprint density at radius 2 is 1.56 bits per heavy atom. The zero-order valence-electron chi connectivity index (χ0n) is 11.6.